The van der Waals surface area contributed by atoms with E-state index < -0.39 is 0 Å². The molecule has 1 aromatic carbocycles. The van der Waals surface area contributed by atoms with Gasteiger partial charge in [-0.05, 0) is 23.1 Å². The van der Waals surface area contributed by atoms with Crippen LogP contribution in [0, 0.1) is 5.82 Å². The molecule has 0 saturated carbocycles. The summed E-state index contributed by atoms with van der Waals surface area (Å²) in [6.07, 6.45) is 0. The van der Waals surface area contributed by atoms with Crippen LogP contribution in [0.3, 0.4) is 0 Å². The minimum Gasteiger partial charge on any atom is -0.367 e. The van der Waals surface area contributed by atoms with Crippen molar-refractivity contribution in [2.45, 2.75) is 13.1 Å². The third-order valence-corrected chi connectivity index (χ3v) is 3.51. The van der Waals surface area contributed by atoms with Gasteiger partial charge in [0.2, 0.25) is 0 Å². The maximum atomic E-state index is 13.8. The number of rotatable bonds is 4. The van der Waals surface area contributed by atoms with E-state index >= 15 is 0 Å². The number of halogens is 1. The lowest BCUT2D eigenvalue weighted by Crippen LogP contribution is -2.19. The van der Waals surface area contributed by atoms with Crippen LogP contribution in [-0.4, -0.2) is 7.05 Å². The zero-order valence-corrected chi connectivity index (χ0v) is 10.5. The van der Waals surface area contributed by atoms with E-state index in [0.717, 1.165) is 5.56 Å². The van der Waals surface area contributed by atoms with Crippen LogP contribution in [0.5, 0.6) is 0 Å². The van der Waals surface area contributed by atoms with E-state index in [1.54, 1.807) is 17.4 Å². The van der Waals surface area contributed by atoms with E-state index in [4.69, 9.17) is 5.73 Å². The number of thiophene rings is 1. The van der Waals surface area contributed by atoms with Gasteiger partial charge in [0.05, 0.1) is 12.2 Å². The monoisotopic (exact) mass is 250 g/mol. The Hall–Kier alpha value is -1.39. The molecule has 0 bridgehead atoms. The lowest BCUT2D eigenvalue weighted by atomic mass is 10.1. The van der Waals surface area contributed by atoms with Crippen LogP contribution in [-0.2, 0) is 13.1 Å². The summed E-state index contributed by atoms with van der Waals surface area (Å²) in [7, 11) is 1.89. The van der Waals surface area contributed by atoms with E-state index in [9.17, 15) is 4.39 Å². The third kappa shape index (κ3) is 2.65. The molecule has 90 valence electrons. The van der Waals surface area contributed by atoms with Gasteiger partial charge in [-0.3, -0.25) is 0 Å². The van der Waals surface area contributed by atoms with Gasteiger partial charge in [0.15, 0.2) is 0 Å². The Kier molecular flexibility index (Phi) is 3.76. The van der Waals surface area contributed by atoms with Crippen LogP contribution in [0.15, 0.2) is 35.7 Å². The molecular formula is C13H15FN2S. The van der Waals surface area contributed by atoms with Crippen molar-refractivity contribution in [1.82, 2.24) is 0 Å². The van der Waals surface area contributed by atoms with Gasteiger partial charge in [0.1, 0.15) is 5.82 Å². The quantitative estimate of drug-likeness (QED) is 0.904. The van der Waals surface area contributed by atoms with Crippen LogP contribution < -0.4 is 10.6 Å². The van der Waals surface area contributed by atoms with Gasteiger partial charge in [-0.2, -0.15) is 0 Å². The zero-order chi connectivity index (χ0) is 12.3. The molecule has 0 saturated heterocycles. The van der Waals surface area contributed by atoms with Crippen LogP contribution in [0.1, 0.15) is 10.4 Å². The normalized spacial score (nSPS) is 10.5. The molecule has 4 heteroatoms. The number of hydrogen-bond donors (Lipinski definition) is 1. The highest BCUT2D eigenvalue weighted by atomic mass is 32.1. The summed E-state index contributed by atoms with van der Waals surface area (Å²) in [5.74, 6) is -0.216. The van der Waals surface area contributed by atoms with Crippen molar-refractivity contribution in [2.75, 3.05) is 11.9 Å². The highest BCUT2D eigenvalue weighted by Gasteiger charge is 2.12. The summed E-state index contributed by atoms with van der Waals surface area (Å²) in [4.78, 5) is 3.11. The molecule has 2 aromatic rings. The van der Waals surface area contributed by atoms with Gasteiger partial charge in [-0.1, -0.05) is 18.2 Å². The zero-order valence-electron chi connectivity index (χ0n) is 9.69. The lowest BCUT2D eigenvalue weighted by Gasteiger charge is -2.22. The molecule has 0 aliphatic rings. The molecule has 0 spiro atoms. The van der Waals surface area contributed by atoms with Gasteiger partial charge >= 0.3 is 0 Å². The first-order chi connectivity index (χ1) is 8.22. The Morgan fingerprint density at radius 3 is 2.76 bits per heavy atom. The number of para-hydroxylation sites is 1. The molecular weight excluding hydrogens is 235 g/mol. The number of nitrogens with two attached hydrogens (primary N) is 1. The van der Waals surface area contributed by atoms with E-state index in [-0.39, 0.29) is 5.82 Å². The maximum absolute atomic E-state index is 13.8. The number of hydrogen-bond acceptors (Lipinski definition) is 3. The molecule has 0 aliphatic heterocycles. The Morgan fingerprint density at radius 2 is 2.12 bits per heavy atom. The molecule has 2 nitrogen and oxygen atoms in total. The smallest absolute Gasteiger partial charge is 0.146 e. The molecule has 0 radical (unpaired) electrons. The standard InChI is InChI=1S/C13H15FN2S/c1-16(9-11-5-3-7-17-11)13-10(8-15)4-2-6-12(13)14/h2-7H,8-9,15H2,1H3. The second-order valence-corrected chi connectivity index (χ2v) is 4.92. The molecule has 1 aromatic heterocycles. The first kappa shape index (κ1) is 12.1. The Morgan fingerprint density at radius 1 is 1.29 bits per heavy atom. The molecule has 2 N–H and O–H groups in total. The molecule has 1 heterocycles. The fourth-order valence-corrected chi connectivity index (χ4v) is 2.62. The third-order valence-electron chi connectivity index (χ3n) is 2.65. The summed E-state index contributed by atoms with van der Waals surface area (Å²) in [6, 6.07) is 9.08. The maximum Gasteiger partial charge on any atom is 0.146 e. The minimum atomic E-state index is -0.216. The highest BCUT2D eigenvalue weighted by molar-refractivity contribution is 7.09. The van der Waals surface area contributed by atoms with Gasteiger partial charge in [-0.25, -0.2) is 4.39 Å². The Bertz CT molecular complexity index is 482. The predicted octanol–water partition coefficient (Wildman–Crippen LogP) is 2.98. The van der Waals surface area contributed by atoms with Crippen LogP contribution in [0.2, 0.25) is 0 Å². The number of benzene rings is 1. The average molecular weight is 250 g/mol. The van der Waals surface area contributed by atoms with E-state index in [1.165, 1.54) is 10.9 Å². The molecule has 0 amide bonds. The van der Waals surface area contributed by atoms with Gasteiger partial charge in [0, 0.05) is 18.5 Å². The van der Waals surface area contributed by atoms with Crippen molar-refractivity contribution in [3.8, 4) is 0 Å². The first-order valence-electron chi connectivity index (χ1n) is 5.43. The van der Waals surface area contributed by atoms with Gasteiger partial charge in [0.25, 0.3) is 0 Å². The lowest BCUT2D eigenvalue weighted by molar-refractivity contribution is 0.620. The summed E-state index contributed by atoms with van der Waals surface area (Å²) in [6.45, 7) is 1.05. The van der Waals surface area contributed by atoms with E-state index in [0.29, 0.717) is 18.8 Å². The molecule has 0 unspecified atom stereocenters. The SMILES string of the molecule is CN(Cc1cccs1)c1c(F)cccc1CN. The summed E-state index contributed by atoms with van der Waals surface area (Å²) < 4.78 is 13.8. The summed E-state index contributed by atoms with van der Waals surface area (Å²) >= 11 is 1.67. The first-order valence-corrected chi connectivity index (χ1v) is 6.31. The fraction of sp³-hybridized carbons (Fsp3) is 0.231. The van der Waals surface area contributed by atoms with Crippen molar-refractivity contribution in [3.63, 3.8) is 0 Å². The van der Waals surface area contributed by atoms with Gasteiger partial charge < -0.3 is 10.6 Å². The summed E-state index contributed by atoms with van der Waals surface area (Å²) in [5, 5.41) is 2.02. The van der Waals surface area contributed by atoms with Crippen LogP contribution >= 0.6 is 11.3 Å². The van der Waals surface area contributed by atoms with Crippen molar-refractivity contribution in [2.24, 2.45) is 5.73 Å². The van der Waals surface area contributed by atoms with E-state index in [1.807, 2.05) is 35.5 Å². The Labute approximate surface area is 104 Å². The van der Waals surface area contributed by atoms with Crippen molar-refractivity contribution < 1.29 is 4.39 Å². The molecule has 17 heavy (non-hydrogen) atoms. The predicted molar refractivity (Wildman–Crippen MR) is 70.7 cm³/mol. The van der Waals surface area contributed by atoms with Crippen molar-refractivity contribution in [3.05, 3.63) is 52.0 Å². The number of nitrogens with zero attached hydrogens (tertiary/aromatic N) is 1. The molecule has 0 atom stereocenters. The van der Waals surface area contributed by atoms with Crippen molar-refractivity contribution in [1.29, 1.82) is 0 Å². The van der Waals surface area contributed by atoms with Gasteiger partial charge in [-0.15, -0.1) is 11.3 Å². The highest BCUT2D eigenvalue weighted by Crippen LogP contribution is 2.25. The molecule has 0 aliphatic carbocycles. The topological polar surface area (TPSA) is 29.3 Å². The van der Waals surface area contributed by atoms with E-state index in [2.05, 4.69) is 0 Å². The minimum absolute atomic E-state index is 0.216. The Balaban J connectivity index is 2.26. The fourth-order valence-electron chi connectivity index (χ4n) is 1.87. The summed E-state index contributed by atoms with van der Waals surface area (Å²) in [5.41, 5.74) is 7.08. The van der Waals surface area contributed by atoms with Crippen molar-refractivity contribution >= 4 is 17.0 Å². The molecule has 0 fully saturated rings. The van der Waals surface area contributed by atoms with Crippen LogP contribution in [0.25, 0.3) is 0 Å². The van der Waals surface area contributed by atoms with Crippen LogP contribution in [0.4, 0.5) is 10.1 Å². The average Bonchev–Trinajstić information content (AvgIpc) is 2.81. The number of anilines is 1. The molecule has 2 rings (SSSR count). The second-order valence-electron chi connectivity index (χ2n) is 3.89. The largest absolute Gasteiger partial charge is 0.367 e. The second kappa shape index (κ2) is 5.29.